The van der Waals surface area contributed by atoms with E-state index in [1.54, 1.807) is 6.92 Å². The molecule has 0 bridgehead atoms. The summed E-state index contributed by atoms with van der Waals surface area (Å²) in [6.45, 7) is 2.30. The van der Waals surface area contributed by atoms with Gasteiger partial charge in [0.05, 0.1) is 4.90 Å². The molecule has 7 heteroatoms. The fourth-order valence-electron chi connectivity index (χ4n) is 1.86. The molecule has 1 heterocycles. The summed E-state index contributed by atoms with van der Waals surface area (Å²) in [5, 5.41) is 0. The molecule has 18 heavy (non-hydrogen) atoms. The lowest BCUT2D eigenvalue weighted by molar-refractivity contribution is 0.471. The Labute approximate surface area is 112 Å². The molecule has 1 aliphatic heterocycles. The first-order valence-electron chi connectivity index (χ1n) is 5.43. The van der Waals surface area contributed by atoms with Gasteiger partial charge in [-0.3, -0.25) is 0 Å². The highest BCUT2D eigenvalue weighted by Gasteiger charge is 2.31. The summed E-state index contributed by atoms with van der Waals surface area (Å²) < 4.78 is 39.0. The molecule has 0 spiro atoms. The van der Waals surface area contributed by atoms with Gasteiger partial charge in [0.25, 0.3) is 0 Å². The van der Waals surface area contributed by atoms with Gasteiger partial charge in [-0.2, -0.15) is 4.31 Å². The first-order valence-corrected chi connectivity index (χ1v) is 6.87. The van der Waals surface area contributed by atoms with E-state index in [4.69, 9.17) is 5.73 Å². The standard InChI is InChI=1S/C11H15FN2O2S.ClH/c1-8-2-3-10(6-11(8)12)17(15,16)14-5-4-9(13)7-14;/h2-3,6,9H,4-5,7,13H2,1H3;1H/t9-;/m0./s1. The molecule has 0 aromatic heterocycles. The molecule has 102 valence electrons. The fourth-order valence-corrected chi connectivity index (χ4v) is 3.38. The lowest BCUT2D eigenvalue weighted by Crippen LogP contribution is -2.32. The highest BCUT2D eigenvalue weighted by atomic mass is 35.5. The minimum Gasteiger partial charge on any atom is -0.326 e. The van der Waals surface area contributed by atoms with Crippen molar-refractivity contribution in [1.29, 1.82) is 0 Å². The smallest absolute Gasteiger partial charge is 0.243 e. The second-order valence-electron chi connectivity index (χ2n) is 4.32. The summed E-state index contributed by atoms with van der Waals surface area (Å²) in [6.07, 6.45) is 0.646. The Morgan fingerprint density at radius 3 is 2.61 bits per heavy atom. The Bertz CT molecular complexity index is 536. The molecule has 2 rings (SSSR count). The van der Waals surface area contributed by atoms with Crippen molar-refractivity contribution >= 4 is 22.4 Å². The van der Waals surface area contributed by atoms with Crippen LogP contribution in [0.1, 0.15) is 12.0 Å². The van der Waals surface area contributed by atoms with Crippen molar-refractivity contribution in [3.63, 3.8) is 0 Å². The van der Waals surface area contributed by atoms with Crippen LogP contribution in [0.5, 0.6) is 0 Å². The number of sulfonamides is 1. The van der Waals surface area contributed by atoms with Gasteiger partial charge < -0.3 is 5.73 Å². The third-order valence-corrected chi connectivity index (χ3v) is 4.83. The third kappa shape index (κ3) is 2.83. The van der Waals surface area contributed by atoms with Crippen LogP contribution in [0.4, 0.5) is 4.39 Å². The van der Waals surface area contributed by atoms with Crippen molar-refractivity contribution in [1.82, 2.24) is 4.31 Å². The Balaban J connectivity index is 0.00000162. The maximum absolute atomic E-state index is 13.4. The Hall–Kier alpha value is -0.690. The lowest BCUT2D eigenvalue weighted by atomic mass is 10.2. The van der Waals surface area contributed by atoms with E-state index in [0.717, 1.165) is 6.07 Å². The summed E-state index contributed by atoms with van der Waals surface area (Å²) in [6, 6.07) is 3.84. The van der Waals surface area contributed by atoms with E-state index >= 15 is 0 Å². The van der Waals surface area contributed by atoms with Crippen LogP contribution in [0.3, 0.4) is 0 Å². The zero-order valence-corrected chi connectivity index (χ0v) is 11.6. The summed E-state index contributed by atoms with van der Waals surface area (Å²) >= 11 is 0. The molecule has 4 nitrogen and oxygen atoms in total. The van der Waals surface area contributed by atoms with Crippen molar-refractivity contribution in [2.24, 2.45) is 5.73 Å². The summed E-state index contributed by atoms with van der Waals surface area (Å²) in [4.78, 5) is -0.00491. The normalized spacial score (nSPS) is 20.7. The van der Waals surface area contributed by atoms with Crippen LogP contribution in [-0.2, 0) is 10.0 Å². The molecule has 1 saturated heterocycles. The zero-order chi connectivity index (χ0) is 12.6. The molecular weight excluding hydrogens is 279 g/mol. The largest absolute Gasteiger partial charge is 0.326 e. The SMILES string of the molecule is Cc1ccc(S(=O)(=O)N2CC[C@H](N)C2)cc1F.Cl. The quantitative estimate of drug-likeness (QED) is 0.894. The van der Waals surface area contributed by atoms with Gasteiger partial charge in [0.15, 0.2) is 0 Å². The van der Waals surface area contributed by atoms with E-state index in [1.165, 1.54) is 16.4 Å². The maximum atomic E-state index is 13.4. The maximum Gasteiger partial charge on any atom is 0.243 e. The fraction of sp³-hybridized carbons (Fsp3) is 0.455. The number of halogens is 2. The van der Waals surface area contributed by atoms with Crippen molar-refractivity contribution in [2.75, 3.05) is 13.1 Å². The van der Waals surface area contributed by atoms with Crippen LogP contribution < -0.4 is 5.73 Å². The van der Waals surface area contributed by atoms with Crippen LogP contribution in [0, 0.1) is 12.7 Å². The average Bonchev–Trinajstić information content (AvgIpc) is 2.69. The highest BCUT2D eigenvalue weighted by Crippen LogP contribution is 2.22. The number of hydrogen-bond donors (Lipinski definition) is 1. The van der Waals surface area contributed by atoms with Gasteiger partial charge in [-0.25, -0.2) is 12.8 Å². The van der Waals surface area contributed by atoms with Crippen molar-refractivity contribution in [3.05, 3.63) is 29.6 Å². The molecule has 2 N–H and O–H groups in total. The van der Waals surface area contributed by atoms with E-state index in [1.807, 2.05) is 0 Å². The van der Waals surface area contributed by atoms with E-state index in [0.29, 0.717) is 25.1 Å². The molecule has 1 fully saturated rings. The number of benzene rings is 1. The van der Waals surface area contributed by atoms with Gasteiger partial charge in [-0.05, 0) is 31.0 Å². The molecule has 1 aromatic rings. The van der Waals surface area contributed by atoms with Gasteiger partial charge in [0.2, 0.25) is 10.0 Å². The monoisotopic (exact) mass is 294 g/mol. The van der Waals surface area contributed by atoms with Gasteiger partial charge in [0, 0.05) is 19.1 Å². The van der Waals surface area contributed by atoms with E-state index in [9.17, 15) is 12.8 Å². The molecule has 0 amide bonds. The number of nitrogens with zero attached hydrogens (tertiary/aromatic N) is 1. The van der Waals surface area contributed by atoms with E-state index in [-0.39, 0.29) is 23.3 Å². The van der Waals surface area contributed by atoms with Gasteiger partial charge in [-0.15, -0.1) is 12.4 Å². The zero-order valence-electron chi connectivity index (χ0n) is 9.97. The summed E-state index contributed by atoms with van der Waals surface area (Å²) in [5.74, 6) is -0.505. The minimum absolute atomic E-state index is 0. The minimum atomic E-state index is -3.60. The molecule has 1 aliphatic rings. The number of aryl methyl sites for hydroxylation is 1. The number of hydrogen-bond acceptors (Lipinski definition) is 3. The topological polar surface area (TPSA) is 63.4 Å². The second kappa shape index (κ2) is 5.52. The van der Waals surface area contributed by atoms with E-state index in [2.05, 4.69) is 0 Å². The summed E-state index contributed by atoms with van der Waals surface area (Å²) in [7, 11) is -3.60. The predicted molar refractivity (Wildman–Crippen MR) is 69.7 cm³/mol. The first kappa shape index (κ1) is 15.4. The molecule has 0 aliphatic carbocycles. The average molecular weight is 295 g/mol. The summed E-state index contributed by atoms with van der Waals surface area (Å²) in [5.41, 5.74) is 6.11. The van der Waals surface area contributed by atoms with Crippen LogP contribution in [0.25, 0.3) is 0 Å². The van der Waals surface area contributed by atoms with Crippen LogP contribution in [0.15, 0.2) is 23.1 Å². The van der Waals surface area contributed by atoms with Crippen molar-refractivity contribution < 1.29 is 12.8 Å². The van der Waals surface area contributed by atoms with E-state index < -0.39 is 15.8 Å². The molecule has 0 unspecified atom stereocenters. The van der Waals surface area contributed by atoms with Gasteiger partial charge in [0.1, 0.15) is 5.82 Å². The molecule has 1 atom stereocenters. The van der Waals surface area contributed by atoms with Gasteiger partial charge in [-0.1, -0.05) is 6.07 Å². The number of nitrogens with two attached hydrogens (primary N) is 1. The highest BCUT2D eigenvalue weighted by molar-refractivity contribution is 7.89. The lowest BCUT2D eigenvalue weighted by Gasteiger charge is -2.16. The Morgan fingerprint density at radius 2 is 2.11 bits per heavy atom. The van der Waals surface area contributed by atoms with Crippen LogP contribution in [-0.4, -0.2) is 31.9 Å². The molecular formula is C11H16ClFN2O2S. The molecule has 0 radical (unpaired) electrons. The van der Waals surface area contributed by atoms with Crippen LogP contribution in [0.2, 0.25) is 0 Å². The van der Waals surface area contributed by atoms with Crippen molar-refractivity contribution in [2.45, 2.75) is 24.3 Å². The Kier molecular flexibility index (Phi) is 4.72. The first-order chi connectivity index (χ1) is 7.91. The third-order valence-electron chi connectivity index (χ3n) is 2.97. The molecule has 0 saturated carbocycles. The number of rotatable bonds is 2. The van der Waals surface area contributed by atoms with Crippen molar-refractivity contribution in [3.8, 4) is 0 Å². The van der Waals surface area contributed by atoms with Crippen LogP contribution >= 0.6 is 12.4 Å². The van der Waals surface area contributed by atoms with Gasteiger partial charge >= 0.3 is 0 Å². The Morgan fingerprint density at radius 1 is 1.44 bits per heavy atom. The molecule has 1 aromatic carbocycles. The predicted octanol–water partition coefficient (Wildman–Crippen LogP) is 1.28. The second-order valence-corrected chi connectivity index (χ2v) is 6.26.